The van der Waals surface area contributed by atoms with Gasteiger partial charge in [-0.3, -0.25) is 14.9 Å². The Balaban J connectivity index is 1.41. The second-order valence-electron chi connectivity index (χ2n) is 9.14. The van der Waals surface area contributed by atoms with E-state index in [-0.39, 0.29) is 23.6 Å². The number of ether oxygens (including phenoxy) is 1. The SMILES string of the molecule is Cc1ccc(S(=O)(=O)N[C@H](CC(=O)N/N=C\c2ccccc2OCc2ccc([N+](=O)[O-])cc2)c2ccccc2)cc1. The molecule has 0 radical (unpaired) electrons. The summed E-state index contributed by atoms with van der Waals surface area (Å²) in [5, 5.41) is 14.9. The van der Waals surface area contributed by atoms with E-state index in [1.54, 1.807) is 78.9 Å². The van der Waals surface area contributed by atoms with Gasteiger partial charge >= 0.3 is 0 Å². The molecule has 1 amide bonds. The Bertz CT molecular complexity index is 1620. The van der Waals surface area contributed by atoms with Crippen LogP contribution in [0, 0.1) is 17.0 Å². The van der Waals surface area contributed by atoms with Gasteiger partial charge in [0.1, 0.15) is 12.4 Å². The summed E-state index contributed by atoms with van der Waals surface area (Å²) in [6.45, 7) is 2.04. The molecule has 0 aliphatic carbocycles. The molecule has 11 heteroatoms. The number of nitrogens with one attached hydrogen (secondary N) is 2. The van der Waals surface area contributed by atoms with Crippen LogP contribution in [0.25, 0.3) is 0 Å². The standard InChI is InChI=1S/C30H28N4O6S/c1-22-11-17-27(18-12-22)41(38,39)33-28(24-7-3-2-4-8-24)19-30(35)32-31-20-25-9-5-6-10-29(25)40-21-23-13-15-26(16-14-23)34(36)37/h2-18,20,28,33H,19,21H2,1H3,(H,32,35)/b31-20-/t28-/m1/s1. The summed E-state index contributed by atoms with van der Waals surface area (Å²) in [4.78, 5) is 23.3. The van der Waals surface area contributed by atoms with Crippen molar-refractivity contribution in [2.24, 2.45) is 5.10 Å². The zero-order chi connectivity index (χ0) is 29.2. The molecule has 0 fully saturated rings. The van der Waals surface area contributed by atoms with Gasteiger partial charge < -0.3 is 4.74 Å². The molecule has 4 aromatic carbocycles. The molecule has 4 aromatic rings. The number of hydrazone groups is 1. The molecule has 4 rings (SSSR count). The van der Waals surface area contributed by atoms with E-state index in [0.717, 1.165) is 11.1 Å². The van der Waals surface area contributed by atoms with E-state index < -0.39 is 26.9 Å². The smallest absolute Gasteiger partial charge is 0.269 e. The molecule has 1 atom stereocenters. The van der Waals surface area contributed by atoms with Gasteiger partial charge in [0.15, 0.2) is 0 Å². The summed E-state index contributed by atoms with van der Waals surface area (Å²) >= 11 is 0. The van der Waals surface area contributed by atoms with Gasteiger partial charge in [0, 0.05) is 24.1 Å². The number of carbonyl (C=O) groups is 1. The van der Waals surface area contributed by atoms with Crippen LogP contribution in [0.2, 0.25) is 0 Å². The van der Waals surface area contributed by atoms with Crippen LogP contribution in [0.5, 0.6) is 5.75 Å². The zero-order valence-corrected chi connectivity index (χ0v) is 23.0. The lowest BCUT2D eigenvalue weighted by atomic mass is 10.0. The first-order chi connectivity index (χ1) is 19.7. The van der Waals surface area contributed by atoms with Crippen LogP contribution in [0.15, 0.2) is 113 Å². The highest BCUT2D eigenvalue weighted by Gasteiger charge is 2.23. The van der Waals surface area contributed by atoms with Crippen LogP contribution in [-0.4, -0.2) is 25.5 Å². The summed E-state index contributed by atoms with van der Waals surface area (Å²) in [6, 6.07) is 27.6. The summed E-state index contributed by atoms with van der Waals surface area (Å²) in [7, 11) is -3.89. The zero-order valence-electron chi connectivity index (χ0n) is 22.1. The Kier molecular flexibility index (Phi) is 9.56. The number of nitro benzene ring substituents is 1. The topological polar surface area (TPSA) is 140 Å². The highest BCUT2D eigenvalue weighted by Crippen LogP contribution is 2.22. The molecule has 210 valence electrons. The van der Waals surface area contributed by atoms with Gasteiger partial charge in [0.2, 0.25) is 15.9 Å². The Morgan fingerprint density at radius 1 is 0.951 bits per heavy atom. The van der Waals surface area contributed by atoms with Gasteiger partial charge in [-0.1, -0.05) is 60.2 Å². The van der Waals surface area contributed by atoms with Crippen LogP contribution in [-0.2, 0) is 21.4 Å². The fraction of sp³-hybridized carbons (Fsp3) is 0.133. The van der Waals surface area contributed by atoms with Crippen molar-refractivity contribution in [2.75, 3.05) is 0 Å². The average Bonchev–Trinajstić information content (AvgIpc) is 2.97. The monoisotopic (exact) mass is 572 g/mol. The number of sulfonamides is 1. The molecular formula is C30H28N4O6S. The van der Waals surface area contributed by atoms with Crippen molar-refractivity contribution in [3.63, 3.8) is 0 Å². The second-order valence-corrected chi connectivity index (χ2v) is 10.9. The number of amides is 1. The number of benzene rings is 4. The quantitative estimate of drug-likeness (QED) is 0.138. The van der Waals surface area contributed by atoms with E-state index >= 15 is 0 Å². The van der Waals surface area contributed by atoms with Crippen LogP contribution in [0.4, 0.5) is 5.69 Å². The number of nitro groups is 1. The van der Waals surface area contributed by atoms with Crippen LogP contribution < -0.4 is 14.9 Å². The molecule has 2 N–H and O–H groups in total. The Morgan fingerprint density at radius 3 is 2.29 bits per heavy atom. The van der Waals surface area contributed by atoms with Gasteiger partial charge in [-0.15, -0.1) is 0 Å². The lowest BCUT2D eigenvalue weighted by Crippen LogP contribution is -2.32. The Labute approximate surface area is 237 Å². The molecule has 0 saturated heterocycles. The minimum absolute atomic E-state index is 0.00511. The number of carbonyl (C=O) groups excluding carboxylic acids is 1. The molecule has 0 aliphatic heterocycles. The third kappa shape index (κ3) is 8.31. The van der Waals surface area contributed by atoms with Gasteiger partial charge in [-0.25, -0.2) is 18.6 Å². The average molecular weight is 573 g/mol. The molecule has 0 saturated carbocycles. The summed E-state index contributed by atoms with van der Waals surface area (Å²) in [5.41, 5.74) is 5.35. The second kappa shape index (κ2) is 13.5. The van der Waals surface area contributed by atoms with E-state index in [1.807, 2.05) is 6.92 Å². The van der Waals surface area contributed by atoms with Crippen molar-refractivity contribution in [3.05, 3.63) is 135 Å². The van der Waals surface area contributed by atoms with Crippen molar-refractivity contribution >= 4 is 27.8 Å². The number of non-ortho nitro benzene ring substituents is 1. The van der Waals surface area contributed by atoms with E-state index in [1.165, 1.54) is 30.5 Å². The summed E-state index contributed by atoms with van der Waals surface area (Å²) in [6.07, 6.45) is 1.24. The van der Waals surface area contributed by atoms with E-state index in [4.69, 9.17) is 4.74 Å². The summed E-state index contributed by atoms with van der Waals surface area (Å²) in [5.74, 6) is 0.00265. The maximum atomic E-state index is 13.0. The number of hydrogen-bond donors (Lipinski definition) is 2. The minimum atomic E-state index is -3.89. The lowest BCUT2D eigenvalue weighted by molar-refractivity contribution is -0.384. The van der Waals surface area contributed by atoms with Crippen molar-refractivity contribution in [2.45, 2.75) is 30.9 Å². The first-order valence-electron chi connectivity index (χ1n) is 12.6. The molecular weight excluding hydrogens is 544 g/mol. The van der Waals surface area contributed by atoms with Crippen molar-refractivity contribution in [1.82, 2.24) is 10.1 Å². The highest BCUT2D eigenvalue weighted by atomic mass is 32.2. The Hall–Kier alpha value is -4.87. The fourth-order valence-electron chi connectivity index (χ4n) is 3.88. The van der Waals surface area contributed by atoms with Gasteiger partial charge in [-0.2, -0.15) is 5.10 Å². The molecule has 10 nitrogen and oxygen atoms in total. The molecule has 0 aromatic heterocycles. The van der Waals surface area contributed by atoms with Crippen LogP contribution in [0.3, 0.4) is 0 Å². The summed E-state index contributed by atoms with van der Waals surface area (Å²) < 4.78 is 34.6. The minimum Gasteiger partial charge on any atom is -0.488 e. The molecule has 0 spiro atoms. The van der Waals surface area contributed by atoms with Crippen LogP contribution >= 0.6 is 0 Å². The van der Waals surface area contributed by atoms with Crippen molar-refractivity contribution in [1.29, 1.82) is 0 Å². The largest absolute Gasteiger partial charge is 0.488 e. The van der Waals surface area contributed by atoms with E-state index in [9.17, 15) is 23.3 Å². The number of aryl methyl sites for hydroxylation is 1. The number of hydrogen-bond acceptors (Lipinski definition) is 7. The third-order valence-corrected chi connectivity index (χ3v) is 7.56. The number of para-hydroxylation sites is 1. The Morgan fingerprint density at radius 2 is 1.61 bits per heavy atom. The number of nitrogens with zero attached hydrogens (tertiary/aromatic N) is 2. The van der Waals surface area contributed by atoms with Crippen LogP contribution in [0.1, 0.15) is 34.7 Å². The lowest BCUT2D eigenvalue weighted by Gasteiger charge is -2.18. The maximum absolute atomic E-state index is 13.0. The number of rotatable bonds is 12. The molecule has 0 aliphatic rings. The maximum Gasteiger partial charge on any atom is 0.269 e. The van der Waals surface area contributed by atoms with Gasteiger partial charge in [0.25, 0.3) is 5.69 Å². The fourth-order valence-corrected chi connectivity index (χ4v) is 5.11. The predicted molar refractivity (Wildman–Crippen MR) is 155 cm³/mol. The third-order valence-electron chi connectivity index (χ3n) is 6.07. The molecule has 41 heavy (non-hydrogen) atoms. The first kappa shape index (κ1) is 29.1. The van der Waals surface area contributed by atoms with Gasteiger partial charge in [-0.05, 0) is 54.4 Å². The van der Waals surface area contributed by atoms with Gasteiger partial charge in [0.05, 0.1) is 22.1 Å². The van der Waals surface area contributed by atoms with Crippen molar-refractivity contribution in [3.8, 4) is 5.75 Å². The molecule has 0 unspecified atom stereocenters. The van der Waals surface area contributed by atoms with E-state index in [2.05, 4.69) is 15.2 Å². The molecule has 0 heterocycles. The molecule has 0 bridgehead atoms. The normalized spacial score (nSPS) is 12.1. The van der Waals surface area contributed by atoms with E-state index in [0.29, 0.717) is 16.9 Å². The van der Waals surface area contributed by atoms with Crippen molar-refractivity contribution < 1.29 is 22.9 Å². The highest BCUT2D eigenvalue weighted by molar-refractivity contribution is 7.89. The predicted octanol–water partition coefficient (Wildman–Crippen LogP) is 5.04. The first-order valence-corrected chi connectivity index (χ1v) is 14.1.